The van der Waals surface area contributed by atoms with E-state index in [2.05, 4.69) is 4.28 Å². The molecular weight excluding hydrogens is 332 g/mol. The Balaban J connectivity index is 2.15. The molecule has 2 aliphatic heterocycles. The number of piperidine rings is 1. The number of imide groups is 1. The highest BCUT2D eigenvalue weighted by Gasteiger charge is 2.50. The molecule has 0 aromatic heterocycles. The van der Waals surface area contributed by atoms with Crippen LogP contribution in [0, 0.1) is 5.92 Å². The number of hydroxylamine groups is 2. The van der Waals surface area contributed by atoms with Crippen molar-refractivity contribution < 1.29 is 31.6 Å². The molecular formula is C11H18N4O7S. The van der Waals surface area contributed by atoms with Crippen LogP contribution in [0.4, 0.5) is 4.79 Å². The Bertz CT molecular complexity index is 634. The molecule has 2 aliphatic rings. The van der Waals surface area contributed by atoms with Crippen LogP contribution in [0.2, 0.25) is 0 Å². The summed E-state index contributed by atoms with van der Waals surface area (Å²) in [6.07, 6.45) is 0.456. The van der Waals surface area contributed by atoms with Crippen LogP contribution in [-0.2, 0) is 24.3 Å². The average molecular weight is 350 g/mol. The summed E-state index contributed by atoms with van der Waals surface area (Å²) in [5, 5.41) is 1.00. The van der Waals surface area contributed by atoms with Gasteiger partial charge in [0.15, 0.2) is 0 Å². The minimum atomic E-state index is -4.85. The SMILES string of the molecule is CC(C)C(=O)N(N)C(=O)[C@@H]1CC[C@@H]2CN1C(=O)N2OS(=O)(=O)O. The van der Waals surface area contributed by atoms with E-state index < -0.39 is 46.2 Å². The van der Waals surface area contributed by atoms with Gasteiger partial charge in [0.05, 0.1) is 6.04 Å². The highest BCUT2D eigenvalue weighted by atomic mass is 32.3. The summed E-state index contributed by atoms with van der Waals surface area (Å²) in [6.45, 7) is 3.19. The lowest BCUT2D eigenvalue weighted by atomic mass is 10.00. The van der Waals surface area contributed by atoms with Crippen molar-refractivity contribution in [3.63, 3.8) is 0 Å². The van der Waals surface area contributed by atoms with Crippen molar-refractivity contribution in [1.82, 2.24) is 15.0 Å². The first-order valence-corrected chi connectivity index (χ1v) is 8.28. The van der Waals surface area contributed by atoms with Crippen molar-refractivity contribution in [2.24, 2.45) is 11.8 Å². The number of hydrogen-bond acceptors (Lipinski definition) is 7. The quantitative estimate of drug-likeness (QED) is 0.280. The van der Waals surface area contributed by atoms with E-state index in [0.717, 1.165) is 4.90 Å². The lowest BCUT2D eigenvalue weighted by Gasteiger charge is -2.31. The molecule has 0 unspecified atom stereocenters. The number of rotatable bonds is 4. The summed E-state index contributed by atoms with van der Waals surface area (Å²) >= 11 is 0. The largest absolute Gasteiger partial charge is 0.418 e. The molecule has 2 atom stereocenters. The Morgan fingerprint density at radius 1 is 1.39 bits per heavy atom. The van der Waals surface area contributed by atoms with Crippen LogP contribution in [0.1, 0.15) is 26.7 Å². The maximum atomic E-state index is 12.3. The topological polar surface area (TPSA) is 151 Å². The van der Waals surface area contributed by atoms with E-state index in [1.54, 1.807) is 13.8 Å². The van der Waals surface area contributed by atoms with Gasteiger partial charge in [-0.2, -0.15) is 13.5 Å². The highest BCUT2D eigenvalue weighted by molar-refractivity contribution is 7.80. The number of nitrogens with zero attached hydrogens (tertiary/aromatic N) is 3. The second-order valence-corrected chi connectivity index (χ2v) is 6.72. The van der Waals surface area contributed by atoms with E-state index in [-0.39, 0.29) is 19.4 Å². The van der Waals surface area contributed by atoms with Crippen LogP contribution in [0.5, 0.6) is 0 Å². The van der Waals surface area contributed by atoms with Crippen molar-refractivity contribution in [3.05, 3.63) is 0 Å². The van der Waals surface area contributed by atoms with Crippen LogP contribution in [-0.4, -0.2) is 64.4 Å². The molecule has 0 aromatic rings. The van der Waals surface area contributed by atoms with Crippen molar-refractivity contribution in [2.75, 3.05) is 6.54 Å². The summed E-state index contributed by atoms with van der Waals surface area (Å²) < 4.78 is 34.5. The third-order valence-corrected chi connectivity index (χ3v) is 4.10. The number of carbonyl (C=O) groups is 3. The van der Waals surface area contributed by atoms with Crippen molar-refractivity contribution in [2.45, 2.75) is 38.8 Å². The molecule has 2 heterocycles. The van der Waals surface area contributed by atoms with E-state index in [0.29, 0.717) is 10.1 Å². The fourth-order valence-electron chi connectivity index (χ4n) is 2.64. The zero-order valence-electron chi connectivity index (χ0n) is 12.6. The molecule has 130 valence electrons. The smallest absolute Gasteiger partial charge is 0.309 e. The van der Waals surface area contributed by atoms with Gasteiger partial charge in [-0.15, -0.1) is 4.28 Å². The number of nitrogens with two attached hydrogens (primary N) is 1. The Hall–Kier alpha value is -1.76. The lowest BCUT2D eigenvalue weighted by Crippen LogP contribution is -2.56. The van der Waals surface area contributed by atoms with Crippen molar-refractivity contribution in [1.29, 1.82) is 0 Å². The molecule has 4 amide bonds. The molecule has 11 nitrogen and oxygen atoms in total. The molecule has 3 N–H and O–H groups in total. The first-order chi connectivity index (χ1) is 10.5. The Morgan fingerprint density at radius 3 is 2.52 bits per heavy atom. The lowest BCUT2D eigenvalue weighted by molar-refractivity contribution is -0.150. The van der Waals surface area contributed by atoms with E-state index in [1.165, 1.54) is 0 Å². The first kappa shape index (κ1) is 17.6. The van der Waals surface area contributed by atoms with Gasteiger partial charge in [0.1, 0.15) is 6.04 Å². The van der Waals surface area contributed by atoms with E-state index >= 15 is 0 Å². The van der Waals surface area contributed by atoms with Gasteiger partial charge in [0.25, 0.3) is 5.91 Å². The highest BCUT2D eigenvalue weighted by Crippen LogP contribution is 2.31. The number of hydrazine groups is 1. The van der Waals surface area contributed by atoms with E-state index in [1.807, 2.05) is 0 Å². The minimum absolute atomic E-state index is 0.0362. The van der Waals surface area contributed by atoms with Gasteiger partial charge >= 0.3 is 16.4 Å². The van der Waals surface area contributed by atoms with Gasteiger partial charge in [-0.05, 0) is 12.8 Å². The zero-order valence-corrected chi connectivity index (χ0v) is 13.4. The minimum Gasteiger partial charge on any atom is -0.309 e. The molecule has 23 heavy (non-hydrogen) atoms. The molecule has 12 heteroatoms. The Morgan fingerprint density at radius 2 is 2.00 bits per heavy atom. The third kappa shape index (κ3) is 3.44. The molecule has 2 bridgehead atoms. The number of carbonyl (C=O) groups excluding carboxylic acids is 3. The monoisotopic (exact) mass is 350 g/mol. The molecule has 2 saturated heterocycles. The second-order valence-electron chi connectivity index (χ2n) is 5.71. The van der Waals surface area contributed by atoms with Crippen molar-refractivity contribution in [3.8, 4) is 0 Å². The average Bonchev–Trinajstić information content (AvgIpc) is 2.69. The second kappa shape index (κ2) is 6.03. The fourth-order valence-corrected chi connectivity index (χ4v) is 3.02. The zero-order chi connectivity index (χ0) is 17.5. The van der Waals surface area contributed by atoms with Crippen LogP contribution >= 0.6 is 0 Å². The predicted molar refractivity (Wildman–Crippen MR) is 74.3 cm³/mol. The summed E-state index contributed by atoms with van der Waals surface area (Å²) in [5.41, 5.74) is 0. The van der Waals surface area contributed by atoms with Gasteiger partial charge in [-0.1, -0.05) is 13.8 Å². The van der Waals surface area contributed by atoms with Crippen LogP contribution in [0.25, 0.3) is 0 Å². The van der Waals surface area contributed by atoms with Crippen LogP contribution in [0.3, 0.4) is 0 Å². The first-order valence-electron chi connectivity index (χ1n) is 6.92. The Kier molecular flexibility index (Phi) is 4.61. The van der Waals surface area contributed by atoms with Crippen LogP contribution < -0.4 is 5.84 Å². The standard InChI is InChI=1S/C11H18N4O7S/c1-6(2)9(16)14(12)10(17)8-4-3-7-5-13(8)11(18)15(7)22-23(19,20)21/h6-8H,3-5,12H2,1-2H3,(H,19,20,21)/t7-,8+/m1/s1. The molecule has 2 fully saturated rings. The van der Waals surface area contributed by atoms with Gasteiger partial charge in [-0.25, -0.2) is 15.6 Å². The number of amides is 4. The molecule has 0 saturated carbocycles. The van der Waals surface area contributed by atoms with Gasteiger partial charge in [-0.3, -0.25) is 14.1 Å². The summed E-state index contributed by atoms with van der Waals surface area (Å²) in [4.78, 5) is 37.4. The summed E-state index contributed by atoms with van der Waals surface area (Å²) in [6, 6.07) is -2.48. The van der Waals surface area contributed by atoms with E-state index in [9.17, 15) is 22.8 Å². The van der Waals surface area contributed by atoms with E-state index in [4.69, 9.17) is 10.4 Å². The summed E-state index contributed by atoms with van der Waals surface area (Å²) in [5.74, 6) is 3.69. The molecule has 0 radical (unpaired) electrons. The normalized spacial score (nSPS) is 24.3. The van der Waals surface area contributed by atoms with Crippen LogP contribution in [0.15, 0.2) is 0 Å². The maximum Gasteiger partial charge on any atom is 0.418 e. The van der Waals surface area contributed by atoms with Gasteiger partial charge < -0.3 is 4.90 Å². The number of hydrogen-bond donors (Lipinski definition) is 2. The summed E-state index contributed by atoms with van der Waals surface area (Å²) in [7, 11) is -4.85. The molecule has 0 aromatic carbocycles. The predicted octanol–water partition coefficient (Wildman–Crippen LogP) is -1.13. The maximum absolute atomic E-state index is 12.3. The molecule has 2 rings (SSSR count). The van der Waals surface area contributed by atoms with Crippen molar-refractivity contribution >= 4 is 28.2 Å². The fraction of sp³-hybridized carbons (Fsp3) is 0.727. The number of fused-ring (bicyclic) bond motifs is 2. The molecule has 0 aliphatic carbocycles. The molecule has 0 spiro atoms. The van der Waals surface area contributed by atoms with Gasteiger partial charge in [0.2, 0.25) is 5.91 Å². The third-order valence-electron chi connectivity index (χ3n) is 3.75. The van der Waals surface area contributed by atoms with Gasteiger partial charge in [0, 0.05) is 12.5 Å². The Labute approximate surface area is 132 Å². The number of urea groups is 1.